The number of benzene rings is 1. The molecule has 1 heterocycles. The molecule has 1 saturated heterocycles. The van der Waals surface area contributed by atoms with Gasteiger partial charge in [-0.15, -0.1) is 11.8 Å². The zero-order chi connectivity index (χ0) is 16.9. The Kier molecular flexibility index (Phi) is 5.73. The monoisotopic (exact) mass is 351 g/mol. The van der Waals surface area contributed by atoms with Crippen LogP contribution >= 0.6 is 11.8 Å². The third-order valence-electron chi connectivity index (χ3n) is 4.50. The molecular formula is C17H22FN3O2S. The largest absolute Gasteiger partial charge is 0.325 e. The number of carbonyl (C=O) groups is 2. The zero-order valence-corrected chi connectivity index (χ0v) is 14.3. The van der Waals surface area contributed by atoms with Gasteiger partial charge in [-0.25, -0.2) is 4.39 Å². The van der Waals surface area contributed by atoms with Gasteiger partial charge in [0.15, 0.2) is 0 Å². The Morgan fingerprint density at radius 3 is 2.62 bits per heavy atom. The van der Waals surface area contributed by atoms with Crippen molar-refractivity contribution in [1.29, 1.82) is 0 Å². The van der Waals surface area contributed by atoms with E-state index in [4.69, 9.17) is 0 Å². The topological polar surface area (TPSA) is 70.2 Å². The molecular weight excluding hydrogens is 329 g/mol. The smallest absolute Gasteiger partial charge is 0.242 e. The van der Waals surface area contributed by atoms with Gasteiger partial charge < -0.3 is 10.6 Å². The van der Waals surface area contributed by atoms with Crippen molar-refractivity contribution in [3.8, 4) is 0 Å². The van der Waals surface area contributed by atoms with Crippen LogP contribution in [0, 0.1) is 11.7 Å². The minimum Gasteiger partial charge on any atom is -0.325 e. The van der Waals surface area contributed by atoms with E-state index in [0.717, 1.165) is 43.7 Å². The fourth-order valence-electron chi connectivity index (χ4n) is 3.09. The van der Waals surface area contributed by atoms with Gasteiger partial charge in [0, 0.05) is 23.2 Å². The van der Waals surface area contributed by atoms with Crippen molar-refractivity contribution >= 4 is 35.0 Å². The first kappa shape index (κ1) is 17.2. The summed E-state index contributed by atoms with van der Waals surface area (Å²) >= 11 is 1.66. The molecule has 5 nitrogen and oxygen atoms in total. The number of thioether (sulfide) groups is 1. The fraction of sp³-hybridized carbons (Fsp3) is 0.529. The molecule has 1 atom stereocenters. The summed E-state index contributed by atoms with van der Waals surface area (Å²) in [5.74, 6) is 0.660. The lowest BCUT2D eigenvalue weighted by atomic mass is 9.88. The Bertz CT molecular complexity index is 614. The van der Waals surface area contributed by atoms with Crippen molar-refractivity contribution in [3.63, 3.8) is 0 Å². The van der Waals surface area contributed by atoms with Crippen molar-refractivity contribution in [3.05, 3.63) is 24.0 Å². The number of halogens is 1. The molecule has 2 aliphatic rings. The maximum Gasteiger partial charge on any atom is 0.242 e. The Labute approximate surface area is 145 Å². The molecule has 1 saturated carbocycles. The molecule has 2 fully saturated rings. The molecule has 0 spiro atoms. The fourth-order valence-corrected chi connectivity index (χ4v) is 4.03. The molecule has 1 unspecified atom stereocenters. The molecule has 0 radical (unpaired) electrons. The molecule has 1 aliphatic heterocycles. The highest BCUT2D eigenvalue weighted by molar-refractivity contribution is 7.99. The number of anilines is 2. The molecule has 130 valence electrons. The second-order valence-electron chi connectivity index (χ2n) is 6.28. The van der Waals surface area contributed by atoms with Crippen molar-refractivity contribution in [2.24, 2.45) is 5.92 Å². The maximum atomic E-state index is 14.0. The number of amides is 2. The average Bonchev–Trinajstić information content (AvgIpc) is 3.13. The van der Waals surface area contributed by atoms with E-state index in [-0.39, 0.29) is 29.5 Å². The van der Waals surface area contributed by atoms with Crippen LogP contribution in [0.3, 0.4) is 0 Å². The van der Waals surface area contributed by atoms with Crippen LogP contribution in [0.15, 0.2) is 18.2 Å². The molecule has 3 rings (SSSR count). The molecule has 0 aromatic heterocycles. The summed E-state index contributed by atoms with van der Waals surface area (Å²) in [6.07, 6.45) is 4.96. The highest BCUT2D eigenvalue weighted by Gasteiger charge is 2.24. The summed E-state index contributed by atoms with van der Waals surface area (Å²) in [6.45, 7) is 0. The number of hydrogen-bond donors (Lipinski definition) is 3. The predicted molar refractivity (Wildman–Crippen MR) is 94.5 cm³/mol. The van der Waals surface area contributed by atoms with E-state index >= 15 is 0 Å². The van der Waals surface area contributed by atoms with E-state index in [1.54, 1.807) is 11.8 Å². The minimum atomic E-state index is -0.494. The second-order valence-corrected chi connectivity index (χ2v) is 7.31. The zero-order valence-electron chi connectivity index (χ0n) is 13.4. The number of nitrogens with one attached hydrogen (secondary N) is 3. The lowest BCUT2D eigenvalue weighted by molar-refractivity contribution is -0.120. The molecule has 1 aromatic rings. The summed E-state index contributed by atoms with van der Waals surface area (Å²) in [5.41, 5.74) is 0.608. The first-order valence-electron chi connectivity index (χ1n) is 8.36. The van der Waals surface area contributed by atoms with Crippen LogP contribution in [-0.4, -0.2) is 29.5 Å². The maximum absolute atomic E-state index is 14.0. The molecule has 2 amide bonds. The SMILES string of the molecule is O=C(Nc1cc(NC(=O)C2CSCN2)ccc1F)C1CCCCC1. The Hall–Kier alpha value is -1.60. The van der Waals surface area contributed by atoms with Crippen molar-refractivity contribution in [1.82, 2.24) is 5.32 Å². The average molecular weight is 351 g/mol. The lowest BCUT2D eigenvalue weighted by Gasteiger charge is -2.21. The molecule has 24 heavy (non-hydrogen) atoms. The van der Waals surface area contributed by atoms with Gasteiger partial charge in [-0.1, -0.05) is 19.3 Å². The van der Waals surface area contributed by atoms with Gasteiger partial charge in [0.25, 0.3) is 0 Å². The lowest BCUT2D eigenvalue weighted by Crippen LogP contribution is -2.37. The highest BCUT2D eigenvalue weighted by Crippen LogP contribution is 2.26. The summed E-state index contributed by atoms with van der Waals surface area (Å²) in [7, 11) is 0. The van der Waals surface area contributed by atoms with Crippen LogP contribution in [0.5, 0.6) is 0 Å². The van der Waals surface area contributed by atoms with Gasteiger partial charge in [0.2, 0.25) is 11.8 Å². The van der Waals surface area contributed by atoms with Crippen molar-refractivity contribution in [2.45, 2.75) is 38.1 Å². The summed E-state index contributed by atoms with van der Waals surface area (Å²) in [5, 5.41) is 8.53. The molecule has 1 aliphatic carbocycles. The third-order valence-corrected chi connectivity index (χ3v) is 5.44. The molecule has 0 bridgehead atoms. The van der Waals surface area contributed by atoms with Crippen LogP contribution in [0.2, 0.25) is 0 Å². The van der Waals surface area contributed by atoms with E-state index in [1.807, 2.05) is 0 Å². The van der Waals surface area contributed by atoms with Crippen LogP contribution in [-0.2, 0) is 9.59 Å². The van der Waals surface area contributed by atoms with Gasteiger partial charge in [0.1, 0.15) is 5.82 Å². The summed E-state index contributed by atoms with van der Waals surface area (Å²) < 4.78 is 14.0. The normalized spacial score (nSPS) is 21.5. The second kappa shape index (κ2) is 7.98. The van der Waals surface area contributed by atoms with E-state index < -0.39 is 5.82 Å². The van der Waals surface area contributed by atoms with Gasteiger partial charge >= 0.3 is 0 Å². The van der Waals surface area contributed by atoms with Gasteiger partial charge in [-0.05, 0) is 31.0 Å². The third kappa shape index (κ3) is 4.27. The Morgan fingerprint density at radius 2 is 1.92 bits per heavy atom. The van der Waals surface area contributed by atoms with Crippen molar-refractivity contribution in [2.75, 3.05) is 22.3 Å². The Balaban J connectivity index is 1.64. The van der Waals surface area contributed by atoms with E-state index in [9.17, 15) is 14.0 Å². The summed E-state index contributed by atoms with van der Waals surface area (Å²) in [4.78, 5) is 24.4. The van der Waals surface area contributed by atoms with Crippen LogP contribution < -0.4 is 16.0 Å². The number of rotatable bonds is 4. The highest BCUT2D eigenvalue weighted by atomic mass is 32.2. The molecule has 7 heteroatoms. The quantitative estimate of drug-likeness (QED) is 0.780. The number of hydrogen-bond acceptors (Lipinski definition) is 4. The van der Waals surface area contributed by atoms with Gasteiger partial charge in [-0.2, -0.15) is 0 Å². The molecule has 1 aromatic carbocycles. The van der Waals surface area contributed by atoms with Crippen LogP contribution in [0.4, 0.5) is 15.8 Å². The first-order chi connectivity index (χ1) is 11.6. The standard InChI is InChI=1S/C17H22FN3O2S/c18-13-7-6-12(20-17(23)15-9-24-10-19-15)8-14(13)21-16(22)11-4-2-1-3-5-11/h6-8,11,15,19H,1-5,9-10H2,(H,20,23)(H,21,22). The van der Waals surface area contributed by atoms with E-state index in [2.05, 4.69) is 16.0 Å². The van der Waals surface area contributed by atoms with E-state index in [1.165, 1.54) is 18.2 Å². The van der Waals surface area contributed by atoms with Crippen molar-refractivity contribution < 1.29 is 14.0 Å². The van der Waals surface area contributed by atoms with Gasteiger partial charge in [0.05, 0.1) is 11.7 Å². The summed E-state index contributed by atoms with van der Waals surface area (Å²) in [6, 6.07) is 4.02. The van der Waals surface area contributed by atoms with Crippen LogP contribution in [0.25, 0.3) is 0 Å². The minimum absolute atomic E-state index is 0.0453. The first-order valence-corrected chi connectivity index (χ1v) is 9.51. The molecule has 3 N–H and O–H groups in total. The van der Waals surface area contributed by atoms with Crippen LogP contribution in [0.1, 0.15) is 32.1 Å². The Morgan fingerprint density at radius 1 is 1.12 bits per heavy atom. The van der Waals surface area contributed by atoms with Gasteiger partial charge in [-0.3, -0.25) is 14.9 Å². The predicted octanol–water partition coefficient (Wildman–Crippen LogP) is 2.95. The van der Waals surface area contributed by atoms with E-state index in [0.29, 0.717) is 5.69 Å². The number of carbonyl (C=O) groups excluding carboxylic acids is 2.